The Hall–Kier alpha value is -7.22. The molecule has 1 spiro atoms. The van der Waals surface area contributed by atoms with E-state index < -0.39 is 5.41 Å². The predicted octanol–water partition coefficient (Wildman–Crippen LogP) is 14.5. The molecule has 0 saturated heterocycles. The number of hydrogen-bond acceptors (Lipinski definition) is 1. The van der Waals surface area contributed by atoms with Crippen molar-refractivity contribution in [2.45, 2.75) is 18.8 Å². The van der Waals surface area contributed by atoms with E-state index in [2.05, 4.69) is 231 Å². The fourth-order valence-corrected chi connectivity index (χ4v) is 9.38. The minimum Gasteiger partial charge on any atom is -0.310 e. The molecule has 0 unspecified atom stereocenters. The van der Waals surface area contributed by atoms with Gasteiger partial charge in [0.2, 0.25) is 0 Å². The van der Waals surface area contributed by atoms with Crippen LogP contribution in [-0.2, 0) is 11.8 Å². The van der Waals surface area contributed by atoms with Crippen LogP contribution in [0.5, 0.6) is 0 Å². The summed E-state index contributed by atoms with van der Waals surface area (Å²) < 4.78 is 0. The van der Waals surface area contributed by atoms with E-state index in [1.54, 1.807) is 0 Å². The van der Waals surface area contributed by atoms with Crippen molar-refractivity contribution in [1.29, 1.82) is 0 Å². The van der Waals surface area contributed by atoms with Crippen molar-refractivity contribution in [2.75, 3.05) is 4.90 Å². The second kappa shape index (κ2) is 14.7. The zero-order chi connectivity index (χ0) is 39.1. The van der Waals surface area contributed by atoms with Gasteiger partial charge in [0.1, 0.15) is 0 Å². The van der Waals surface area contributed by atoms with Crippen molar-refractivity contribution < 1.29 is 0 Å². The molecule has 1 heterocycles. The molecule has 1 aliphatic carbocycles. The maximum atomic E-state index is 4.31. The highest BCUT2D eigenvalue weighted by molar-refractivity contribution is 5.96. The predicted molar refractivity (Wildman–Crippen MR) is 244 cm³/mol. The third kappa shape index (κ3) is 5.87. The summed E-state index contributed by atoms with van der Waals surface area (Å²) >= 11 is 0. The molecule has 276 valence electrons. The van der Waals surface area contributed by atoms with E-state index in [-0.39, 0.29) is 0 Å². The average molecular weight is 742 g/mol. The fraction of sp³-hybridized carbons (Fsp3) is 0.0526. The summed E-state index contributed by atoms with van der Waals surface area (Å²) in [6.07, 6.45) is 7.48. The molecule has 0 saturated carbocycles. The van der Waals surface area contributed by atoms with Gasteiger partial charge in [0.25, 0.3) is 0 Å². The van der Waals surface area contributed by atoms with Gasteiger partial charge < -0.3 is 4.90 Å². The van der Waals surface area contributed by atoms with Gasteiger partial charge in [-0.3, -0.25) is 0 Å². The Bertz CT molecular complexity index is 2740. The number of nitrogens with zero attached hydrogens (tertiary/aromatic N) is 1. The lowest BCUT2D eigenvalue weighted by Crippen LogP contribution is -2.37. The summed E-state index contributed by atoms with van der Waals surface area (Å²) in [5.74, 6) is 0. The Morgan fingerprint density at radius 1 is 0.500 bits per heavy atom. The SMILES string of the molecule is C=C/C(=C\C(=C/Cc1cccc(C)c1)N1c2ccccc2C2(c3cc(-c4ccccc4)ccc3-c3ccc(-c4ccccc4)cc32)c2ccccc21)c1ccccc1. The molecule has 0 N–H and O–H groups in total. The summed E-state index contributed by atoms with van der Waals surface area (Å²) in [7, 11) is 0. The highest BCUT2D eigenvalue weighted by Gasteiger charge is 2.52. The Labute approximate surface area is 342 Å². The molecule has 0 fully saturated rings. The normalized spacial score (nSPS) is 13.7. The van der Waals surface area contributed by atoms with E-state index >= 15 is 0 Å². The van der Waals surface area contributed by atoms with Crippen LogP contribution in [0, 0.1) is 6.92 Å². The maximum absolute atomic E-state index is 4.31. The Balaban J connectivity index is 1.27. The monoisotopic (exact) mass is 741 g/mol. The molecule has 8 aromatic rings. The van der Waals surface area contributed by atoms with Crippen molar-refractivity contribution in [3.05, 3.63) is 270 Å². The van der Waals surface area contributed by atoms with Gasteiger partial charge in [-0.2, -0.15) is 0 Å². The van der Waals surface area contributed by atoms with Crippen LogP contribution in [0.15, 0.2) is 231 Å². The molecule has 1 aliphatic heterocycles. The molecule has 1 heteroatoms. The van der Waals surface area contributed by atoms with E-state index in [4.69, 9.17) is 0 Å². The summed E-state index contributed by atoms with van der Waals surface area (Å²) in [5.41, 5.74) is 20.2. The first-order valence-electron chi connectivity index (χ1n) is 20.2. The molecule has 10 rings (SSSR count). The Morgan fingerprint density at radius 3 is 1.55 bits per heavy atom. The Morgan fingerprint density at radius 2 is 1.02 bits per heavy atom. The molecule has 0 radical (unpaired) electrons. The van der Waals surface area contributed by atoms with Crippen LogP contribution < -0.4 is 4.90 Å². The first kappa shape index (κ1) is 35.2. The van der Waals surface area contributed by atoms with E-state index in [0.717, 1.165) is 23.3 Å². The van der Waals surface area contributed by atoms with Gasteiger partial charge in [-0.15, -0.1) is 0 Å². The van der Waals surface area contributed by atoms with Crippen molar-refractivity contribution in [3.63, 3.8) is 0 Å². The lowest BCUT2D eigenvalue weighted by molar-refractivity contribution is 0.750. The van der Waals surface area contributed by atoms with Crippen LogP contribution in [-0.4, -0.2) is 0 Å². The molecule has 0 amide bonds. The third-order valence-corrected chi connectivity index (χ3v) is 12.0. The van der Waals surface area contributed by atoms with Gasteiger partial charge >= 0.3 is 0 Å². The number of para-hydroxylation sites is 2. The number of allylic oxidation sites excluding steroid dienone is 4. The van der Waals surface area contributed by atoms with E-state index in [1.165, 1.54) is 78.1 Å². The Kier molecular flexibility index (Phi) is 8.92. The lowest BCUT2D eigenvalue weighted by Gasteiger charge is -2.45. The number of fused-ring (bicyclic) bond motifs is 9. The number of rotatable bonds is 8. The molecule has 2 aliphatic rings. The van der Waals surface area contributed by atoms with E-state index in [1.807, 2.05) is 6.08 Å². The zero-order valence-corrected chi connectivity index (χ0v) is 32.6. The van der Waals surface area contributed by atoms with Crippen LogP contribution in [0.3, 0.4) is 0 Å². The van der Waals surface area contributed by atoms with Gasteiger partial charge in [0.15, 0.2) is 0 Å². The third-order valence-electron chi connectivity index (χ3n) is 12.0. The van der Waals surface area contributed by atoms with Crippen molar-refractivity contribution >= 4 is 16.9 Å². The smallest absolute Gasteiger partial charge is 0.0754 e. The number of anilines is 2. The fourth-order valence-electron chi connectivity index (χ4n) is 9.38. The molecule has 0 bridgehead atoms. The largest absolute Gasteiger partial charge is 0.310 e. The van der Waals surface area contributed by atoms with Crippen molar-refractivity contribution in [2.24, 2.45) is 0 Å². The standard InChI is InChI=1S/C57H43N/c1-3-42(43-20-7-4-8-21-43)37-48(33-30-41-19-17-18-40(2)36-41)58-55-28-15-13-26-51(55)57(52-27-14-16-29-56(52)58)53-38-46(44-22-9-5-10-23-44)31-34-49(53)50-35-32-47(39-54(50)57)45-24-11-6-12-25-45/h3-29,31-39H,1,30H2,2H3/b42-37+,48-33+. The van der Waals surface area contributed by atoms with Crippen LogP contribution in [0.4, 0.5) is 11.4 Å². The van der Waals surface area contributed by atoms with Gasteiger partial charge in [-0.05, 0) is 116 Å². The van der Waals surface area contributed by atoms with E-state index in [9.17, 15) is 0 Å². The summed E-state index contributed by atoms with van der Waals surface area (Å²) in [5, 5.41) is 0. The molecule has 8 aromatic carbocycles. The highest BCUT2D eigenvalue weighted by atomic mass is 15.2. The van der Waals surface area contributed by atoms with Crippen LogP contribution in [0.1, 0.15) is 38.9 Å². The van der Waals surface area contributed by atoms with Gasteiger partial charge in [-0.25, -0.2) is 0 Å². The van der Waals surface area contributed by atoms with Gasteiger partial charge in [0, 0.05) is 5.70 Å². The second-order valence-corrected chi connectivity index (χ2v) is 15.4. The maximum Gasteiger partial charge on any atom is 0.0754 e. The molecular weight excluding hydrogens is 699 g/mol. The van der Waals surface area contributed by atoms with Crippen molar-refractivity contribution in [1.82, 2.24) is 0 Å². The van der Waals surface area contributed by atoms with Crippen LogP contribution >= 0.6 is 0 Å². The first-order chi connectivity index (χ1) is 28.6. The summed E-state index contributed by atoms with van der Waals surface area (Å²) in [6.45, 7) is 6.48. The van der Waals surface area contributed by atoms with Crippen LogP contribution in [0.2, 0.25) is 0 Å². The molecule has 0 atom stereocenters. The zero-order valence-electron chi connectivity index (χ0n) is 32.6. The molecule has 0 aromatic heterocycles. The number of benzene rings is 8. The average Bonchev–Trinajstić information content (AvgIpc) is 3.57. The molecule has 1 nitrogen and oxygen atoms in total. The summed E-state index contributed by atoms with van der Waals surface area (Å²) in [6, 6.07) is 73.5. The molecular formula is C57H43N. The quantitative estimate of drug-likeness (QED) is 0.140. The minimum atomic E-state index is -0.587. The number of hydrogen-bond donors (Lipinski definition) is 0. The van der Waals surface area contributed by atoms with E-state index in [0.29, 0.717) is 0 Å². The summed E-state index contributed by atoms with van der Waals surface area (Å²) in [4.78, 5) is 2.50. The highest BCUT2D eigenvalue weighted by Crippen LogP contribution is 2.63. The number of aryl methyl sites for hydroxylation is 1. The minimum absolute atomic E-state index is 0.587. The van der Waals surface area contributed by atoms with Gasteiger partial charge in [0.05, 0.1) is 16.8 Å². The van der Waals surface area contributed by atoms with Crippen LogP contribution in [0.25, 0.3) is 39.0 Å². The van der Waals surface area contributed by atoms with Crippen molar-refractivity contribution in [3.8, 4) is 33.4 Å². The lowest BCUT2D eigenvalue weighted by atomic mass is 9.64. The first-order valence-corrected chi connectivity index (χ1v) is 20.2. The van der Waals surface area contributed by atoms with Gasteiger partial charge in [-0.1, -0.05) is 200 Å². The topological polar surface area (TPSA) is 3.24 Å². The second-order valence-electron chi connectivity index (χ2n) is 15.4. The molecule has 58 heavy (non-hydrogen) atoms.